The average Bonchev–Trinajstić information content (AvgIpc) is 2.89. The lowest BCUT2D eigenvalue weighted by atomic mass is 10.2. The summed E-state index contributed by atoms with van der Waals surface area (Å²) >= 11 is 6.14. The zero-order valence-corrected chi connectivity index (χ0v) is 11.7. The van der Waals surface area contributed by atoms with Crippen LogP contribution in [0, 0.1) is 0 Å². The standard InChI is InChI=1S/C15H18ClNO2/c1-2-11(10-18)17-9-12-7-8-15(19-12)13-5-3-4-6-14(13)16/h3-8,11,17-18H,2,9-10H2,1H3/p+1/t11-/m0/s1. The fraction of sp³-hybridized carbons (Fsp3) is 0.333. The van der Waals surface area contributed by atoms with Crippen LogP contribution in [0.25, 0.3) is 11.3 Å². The predicted octanol–water partition coefficient (Wildman–Crippen LogP) is 2.43. The van der Waals surface area contributed by atoms with Gasteiger partial charge in [0.2, 0.25) is 0 Å². The van der Waals surface area contributed by atoms with E-state index in [2.05, 4.69) is 12.2 Å². The molecular formula is C15H19ClNO2+. The Morgan fingerprint density at radius 3 is 2.74 bits per heavy atom. The maximum Gasteiger partial charge on any atom is 0.158 e. The first-order valence-corrected chi connectivity index (χ1v) is 6.90. The van der Waals surface area contributed by atoms with Crippen molar-refractivity contribution in [2.75, 3.05) is 6.61 Å². The second-order valence-corrected chi connectivity index (χ2v) is 4.94. The zero-order valence-electron chi connectivity index (χ0n) is 11.0. The van der Waals surface area contributed by atoms with Gasteiger partial charge in [0.15, 0.2) is 5.76 Å². The van der Waals surface area contributed by atoms with E-state index in [9.17, 15) is 0 Å². The number of nitrogens with two attached hydrogens (primary N) is 1. The van der Waals surface area contributed by atoms with Crippen LogP contribution in [0.1, 0.15) is 19.1 Å². The molecule has 0 radical (unpaired) electrons. The van der Waals surface area contributed by atoms with Crippen molar-refractivity contribution >= 4 is 11.6 Å². The van der Waals surface area contributed by atoms with Crippen molar-refractivity contribution < 1.29 is 14.8 Å². The first-order valence-electron chi connectivity index (χ1n) is 6.52. The molecule has 0 bridgehead atoms. The number of hydrogen-bond acceptors (Lipinski definition) is 2. The second-order valence-electron chi connectivity index (χ2n) is 4.54. The molecule has 3 N–H and O–H groups in total. The molecule has 2 rings (SSSR count). The Morgan fingerprint density at radius 1 is 1.26 bits per heavy atom. The van der Waals surface area contributed by atoms with Crippen molar-refractivity contribution in [1.29, 1.82) is 0 Å². The van der Waals surface area contributed by atoms with Crippen LogP contribution >= 0.6 is 11.6 Å². The summed E-state index contributed by atoms with van der Waals surface area (Å²) in [6.07, 6.45) is 0.939. The van der Waals surface area contributed by atoms with Gasteiger partial charge in [0.25, 0.3) is 0 Å². The third-order valence-electron chi connectivity index (χ3n) is 3.21. The number of rotatable bonds is 6. The minimum Gasteiger partial charge on any atom is -0.455 e. The monoisotopic (exact) mass is 280 g/mol. The largest absolute Gasteiger partial charge is 0.455 e. The number of quaternary nitrogens is 1. The quantitative estimate of drug-likeness (QED) is 0.854. The van der Waals surface area contributed by atoms with Gasteiger partial charge in [-0.05, 0) is 30.7 Å². The first kappa shape index (κ1) is 14.1. The van der Waals surface area contributed by atoms with Gasteiger partial charge in [-0.2, -0.15) is 0 Å². The maximum atomic E-state index is 9.14. The summed E-state index contributed by atoms with van der Waals surface area (Å²) in [4.78, 5) is 0. The Kier molecular flexibility index (Phi) is 5.02. The van der Waals surface area contributed by atoms with Gasteiger partial charge in [0.05, 0.1) is 11.6 Å². The number of aliphatic hydroxyl groups is 1. The Morgan fingerprint density at radius 2 is 2.05 bits per heavy atom. The molecule has 102 valence electrons. The molecule has 4 heteroatoms. The molecule has 2 aromatic rings. The molecular weight excluding hydrogens is 262 g/mol. The van der Waals surface area contributed by atoms with Gasteiger partial charge in [-0.1, -0.05) is 30.7 Å². The molecule has 1 aromatic carbocycles. The highest BCUT2D eigenvalue weighted by Crippen LogP contribution is 2.28. The summed E-state index contributed by atoms with van der Waals surface area (Å²) in [6, 6.07) is 11.8. The van der Waals surface area contributed by atoms with Crippen molar-refractivity contribution in [3.8, 4) is 11.3 Å². The smallest absolute Gasteiger partial charge is 0.158 e. The maximum absolute atomic E-state index is 9.14. The lowest BCUT2D eigenvalue weighted by Crippen LogP contribution is -2.89. The van der Waals surface area contributed by atoms with Crippen molar-refractivity contribution in [3.63, 3.8) is 0 Å². The highest BCUT2D eigenvalue weighted by molar-refractivity contribution is 6.33. The summed E-state index contributed by atoms with van der Waals surface area (Å²) < 4.78 is 5.79. The molecule has 0 unspecified atom stereocenters. The van der Waals surface area contributed by atoms with Crippen LogP contribution in [0.4, 0.5) is 0 Å². The zero-order chi connectivity index (χ0) is 13.7. The van der Waals surface area contributed by atoms with E-state index in [1.807, 2.05) is 36.4 Å². The summed E-state index contributed by atoms with van der Waals surface area (Å²) in [5.74, 6) is 1.67. The topological polar surface area (TPSA) is 50.0 Å². The van der Waals surface area contributed by atoms with Gasteiger partial charge >= 0.3 is 0 Å². The van der Waals surface area contributed by atoms with E-state index in [1.54, 1.807) is 0 Å². The van der Waals surface area contributed by atoms with Crippen LogP contribution < -0.4 is 5.32 Å². The molecule has 19 heavy (non-hydrogen) atoms. The van der Waals surface area contributed by atoms with E-state index in [0.717, 1.165) is 30.0 Å². The van der Waals surface area contributed by atoms with E-state index < -0.39 is 0 Å². The van der Waals surface area contributed by atoms with E-state index in [4.69, 9.17) is 21.1 Å². The SMILES string of the molecule is CC[C@@H](CO)[NH2+]Cc1ccc(-c2ccccc2Cl)o1. The Balaban J connectivity index is 2.05. The van der Waals surface area contributed by atoms with E-state index >= 15 is 0 Å². The highest BCUT2D eigenvalue weighted by Gasteiger charge is 2.11. The Bertz CT molecular complexity index is 520. The molecule has 0 spiro atoms. The van der Waals surface area contributed by atoms with Gasteiger partial charge in [-0.25, -0.2) is 0 Å². The molecule has 1 heterocycles. The molecule has 1 atom stereocenters. The third kappa shape index (κ3) is 3.60. The van der Waals surface area contributed by atoms with Crippen LogP contribution in [-0.2, 0) is 6.54 Å². The average molecular weight is 281 g/mol. The van der Waals surface area contributed by atoms with Crippen LogP contribution in [0.2, 0.25) is 5.02 Å². The molecule has 0 amide bonds. The van der Waals surface area contributed by atoms with Gasteiger partial charge in [0.1, 0.15) is 18.3 Å². The van der Waals surface area contributed by atoms with Crippen molar-refractivity contribution in [2.45, 2.75) is 25.9 Å². The normalized spacial score (nSPS) is 12.6. The van der Waals surface area contributed by atoms with Gasteiger partial charge in [-0.3, -0.25) is 0 Å². The van der Waals surface area contributed by atoms with Crippen LogP contribution in [0.15, 0.2) is 40.8 Å². The fourth-order valence-corrected chi connectivity index (χ4v) is 2.18. The molecule has 0 saturated heterocycles. The van der Waals surface area contributed by atoms with E-state index in [-0.39, 0.29) is 12.6 Å². The number of halogens is 1. The van der Waals surface area contributed by atoms with E-state index in [0.29, 0.717) is 5.02 Å². The summed E-state index contributed by atoms with van der Waals surface area (Å²) in [5, 5.41) is 11.9. The molecule has 0 aliphatic heterocycles. The minimum atomic E-state index is 0.189. The van der Waals surface area contributed by atoms with E-state index in [1.165, 1.54) is 0 Å². The van der Waals surface area contributed by atoms with Crippen molar-refractivity contribution in [1.82, 2.24) is 0 Å². The summed E-state index contributed by atoms with van der Waals surface area (Å²) in [6.45, 7) is 2.98. The highest BCUT2D eigenvalue weighted by atomic mass is 35.5. The molecule has 3 nitrogen and oxygen atoms in total. The molecule has 1 aromatic heterocycles. The number of benzene rings is 1. The van der Waals surface area contributed by atoms with Gasteiger partial charge in [-0.15, -0.1) is 0 Å². The minimum absolute atomic E-state index is 0.189. The second kappa shape index (κ2) is 6.75. The first-order chi connectivity index (χ1) is 9.24. The predicted molar refractivity (Wildman–Crippen MR) is 75.9 cm³/mol. The molecule has 0 aliphatic carbocycles. The van der Waals surface area contributed by atoms with Crippen molar-refractivity contribution in [3.05, 3.63) is 47.2 Å². The number of furan rings is 1. The number of hydrogen-bond donors (Lipinski definition) is 2. The lowest BCUT2D eigenvalue weighted by molar-refractivity contribution is -0.707. The third-order valence-corrected chi connectivity index (χ3v) is 3.54. The van der Waals surface area contributed by atoms with Crippen LogP contribution in [0.5, 0.6) is 0 Å². The lowest BCUT2D eigenvalue weighted by Gasteiger charge is -2.08. The fourth-order valence-electron chi connectivity index (χ4n) is 1.95. The van der Waals surface area contributed by atoms with Crippen LogP contribution in [-0.4, -0.2) is 17.8 Å². The van der Waals surface area contributed by atoms with Crippen LogP contribution in [0.3, 0.4) is 0 Å². The number of aliphatic hydroxyl groups excluding tert-OH is 1. The molecule has 0 saturated carbocycles. The summed E-state index contributed by atoms with van der Waals surface area (Å²) in [5.41, 5.74) is 0.907. The summed E-state index contributed by atoms with van der Waals surface area (Å²) in [7, 11) is 0. The molecule has 0 fully saturated rings. The molecule has 0 aliphatic rings. The Labute approximate surface area is 118 Å². The van der Waals surface area contributed by atoms with Gasteiger partial charge < -0.3 is 14.8 Å². The van der Waals surface area contributed by atoms with Gasteiger partial charge in [0, 0.05) is 5.56 Å². The van der Waals surface area contributed by atoms with Crippen molar-refractivity contribution in [2.24, 2.45) is 0 Å². The Hall–Kier alpha value is -1.29.